The molecule has 1 nitrogen and oxygen atoms in total. The minimum absolute atomic E-state index is 0.280. The lowest BCUT2D eigenvalue weighted by molar-refractivity contribution is 0.314. The zero-order valence-corrected chi connectivity index (χ0v) is 9.79. The minimum Gasteiger partial charge on any atom is -0.330 e. The molecule has 1 aromatic carbocycles. The van der Waals surface area contributed by atoms with Crippen LogP contribution in [0.3, 0.4) is 0 Å². The van der Waals surface area contributed by atoms with E-state index in [4.69, 9.17) is 5.73 Å². The van der Waals surface area contributed by atoms with Crippen molar-refractivity contribution in [2.24, 2.45) is 11.1 Å². The van der Waals surface area contributed by atoms with Gasteiger partial charge in [-0.25, -0.2) is 0 Å². The van der Waals surface area contributed by atoms with E-state index in [9.17, 15) is 0 Å². The van der Waals surface area contributed by atoms with Gasteiger partial charge >= 0.3 is 0 Å². The summed E-state index contributed by atoms with van der Waals surface area (Å²) in [5, 5.41) is 0. The quantitative estimate of drug-likeness (QED) is 0.802. The molecule has 0 aromatic heterocycles. The molecule has 0 heterocycles. The molecule has 0 aliphatic heterocycles. The van der Waals surface area contributed by atoms with E-state index in [1.165, 1.54) is 19.3 Å². The summed E-state index contributed by atoms with van der Waals surface area (Å²) >= 11 is 0. The normalized spacial score (nSPS) is 20.3. The van der Waals surface area contributed by atoms with Gasteiger partial charge in [0.25, 0.3) is 0 Å². The number of nitrogens with two attached hydrogens (primary N) is 1. The molecule has 1 atom stereocenters. The molecule has 1 heteroatoms. The lowest BCUT2D eigenvalue weighted by Gasteiger charge is -2.26. The van der Waals surface area contributed by atoms with Gasteiger partial charge in [0, 0.05) is 0 Å². The van der Waals surface area contributed by atoms with Crippen molar-refractivity contribution >= 4 is 0 Å². The van der Waals surface area contributed by atoms with Crippen LogP contribution in [0.1, 0.15) is 43.7 Å². The maximum Gasteiger partial charge on any atom is -0.00256 e. The van der Waals surface area contributed by atoms with Crippen molar-refractivity contribution in [2.75, 3.05) is 6.54 Å². The number of benzene rings is 1. The van der Waals surface area contributed by atoms with Crippen LogP contribution in [-0.2, 0) is 6.42 Å². The summed E-state index contributed by atoms with van der Waals surface area (Å²) in [4.78, 5) is 0. The molecule has 0 fully saturated rings. The number of aryl methyl sites for hydroxylation is 1. The molecule has 2 N–H and O–H groups in total. The van der Waals surface area contributed by atoms with Gasteiger partial charge in [-0.2, -0.15) is 0 Å². The topological polar surface area (TPSA) is 26.0 Å². The van der Waals surface area contributed by atoms with E-state index >= 15 is 0 Å². The van der Waals surface area contributed by atoms with E-state index in [0.717, 1.165) is 12.5 Å². The van der Waals surface area contributed by atoms with Crippen molar-refractivity contribution in [3.8, 4) is 0 Å². The van der Waals surface area contributed by atoms with Crippen molar-refractivity contribution < 1.29 is 0 Å². The zero-order chi connectivity index (χ0) is 10.9. The third-order valence-electron chi connectivity index (χ3n) is 3.61. The Morgan fingerprint density at radius 2 is 2.07 bits per heavy atom. The van der Waals surface area contributed by atoms with E-state index < -0.39 is 0 Å². The smallest absolute Gasteiger partial charge is 0.00256 e. The predicted octanol–water partition coefficient (Wildman–Crippen LogP) is 3.09. The molecule has 1 aliphatic carbocycles. The second-order valence-electron chi connectivity index (χ2n) is 5.51. The first kappa shape index (κ1) is 10.7. The third kappa shape index (κ3) is 2.23. The number of rotatable bonds is 3. The van der Waals surface area contributed by atoms with Gasteiger partial charge in [-0.05, 0) is 48.3 Å². The van der Waals surface area contributed by atoms with E-state index in [1.54, 1.807) is 11.1 Å². The summed E-state index contributed by atoms with van der Waals surface area (Å²) in [6.45, 7) is 5.33. The van der Waals surface area contributed by atoms with Crippen molar-refractivity contribution in [1.82, 2.24) is 0 Å². The Morgan fingerprint density at radius 3 is 2.80 bits per heavy atom. The average molecular weight is 203 g/mol. The van der Waals surface area contributed by atoms with Gasteiger partial charge in [0.15, 0.2) is 0 Å². The summed E-state index contributed by atoms with van der Waals surface area (Å²) in [6, 6.07) is 8.87. The predicted molar refractivity (Wildman–Crippen MR) is 65.0 cm³/mol. The Morgan fingerprint density at radius 1 is 1.33 bits per heavy atom. The van der Waals surface area contributed by atoms with Gasteiger partial charge in [0.05, 0.1) is 0 Å². The Balaban J connectivity index is 2.14. The third-order valence-corrected chi connectivity index (χ3v) is 3.61. The van der Waals surface area contributed by atoms with E-state index in [-0.39, 0.29) is 5.41 Å². The lowest BCUT2D eigenvalue weighted by Crippen LogP contribution is -2.25. The molecule has 0 spiro atoms. The van der Waals surface area contributed by atoms with E-state index in [2.05, 4.69) is 38.1 Å². The molecular formula is C14H21N. The van der Waals surface area contributed by atoms with Gasteiger partial charge in [0.2, 0.25) is 0 Å². The van der Waals surface area contributed by atoms with Gasteiger partial charge in [-0.3, -0.25) is 0 Å². The van der Waals surface area contributed by atoms with Crippen LogP contribution in [0.25, 0.3) is 0 Å². The fourth-order valence-corrected chi connectivity index (χ4v) is 2.61. The summed E-state index contributed by atoms with van der Waals surface area (Å²) in [6.07, 6.45) is 3.78. The highest BCUT2D eigenvalue weighted by molar-refractivity contribution is 5.34. The number of hydrogen-bond donors (Lipinski definition) is 1. The standard InChI is InChI=1S/C14H21N/c1-14(2,10-15)9-12-8-7-11-5-3-4-6-13(11)12/h3-6,12H,7-10,15H2,1-2H3. The molecule has 0 saturated heterocycles. The van der Waals surface area contributed by atoms with Gasteiger partial charge in [-0.1, -0.05) is 38.1 Å². The molecule has 0 saturated carbocycles. The first-order valence-corrected chi connectivity index (χ1v) is 5.90. The largest absolute Gasteiger partial charge is 0.330 e. The van der Waals surface area contributed by atoms with E-state index in [1.807, 2.05) is 0 Å². The van der Waals surface area contributed by atoms with Crippen molar-refractivity contribution in [3.63, 3.8) is 0 Å². The summed E-state index contributed by atoms with van der Waals surface area (Å²) in [5.74, 6) is 0.736. The molecule has 1 unspecified atom stereocenters. The van der Waals surface area contributed by atoms with Crippen LogP contribution in [0, 0.1) is 5.41 Å². The molecule has 82 valence electrons. The van der Waals surface area contributed by atoms with Crippen LogP contribution < -0.4 is 5.73 Å². The highest BCUT2D eigenvalue weighted by Crippen LogP contribution is 2.40. The molecule has 1 aromatic rings. The fourth-order valence-electron chi connectivity index (χ4n) is 2.61. The highest BCUT2D eigenvalue weighted by Gasteiger charge is 2.27. The number of fused-ring (bicyclic) bond motifs is 1. The molecule has 0 radical (unpaired) electrons. The van der Waals surface area contributed by atoms with Gasteiger partial charge in [-0.15, -0.1) is 0 Å². The van der Waals surface area contributed by atoms with E-state index in [0.29, 0.717) is 0 Å². The monoisotopic (exact) mass is 203 g/mol. The minimum atomic E-state index is 0.280. The molecular weight excluding hydrogens is 182 g/mol. The maximum absolute atomic E-state index is 5.80. The summed E-state index contributed by atoms with van der Waals surface area (Å²) in [7, 11) is 0. The van der Waals surface area contributed by atoms with Crippen LogP contribution in [0.4, 0.5) is 0 Å². The molecule has 15 heavy (non-hydrogen) atoms. The van der Waals surface area contributed by atoms with Crippen molar-refractivity contribution in [2.45, 2.75) is 39.0 Å². The second kappa shape index (κ2) is 3.97. The molecule has 1 aliphatic rings. The average Bonchev–Trinajstić information content (AvgIpc) is 2.62. The van der Waals surface area contributed by atoms with Gasteiger partial charge in [0.1, 0.15) is 0 Å². The molecule has 0 bridgehead atoms. The van der Waals surface area contributed by atoms with Crippen LogP contribution in [0.15, 0.2) is 24.3 Å². The maximum atomic E-state index is 5.80. The van der Waals surface area contributed by atoms with Crippen LogP contribution in [0.5, 0.6) is 0 Å². The first-order chi connectivity index (χ1) is 7.12. The Labute approximate surface area is 92.7 Å². The van der Waals surface area contributed by atoms with Crippen LogP contribution in [0.2, 0.25) is 0 Å². The molecule has 0 amide bonds. The zero-order valence-electron chi connectivity index (χ0n) is 9.79. The fraction of sp³-hybridized carbons (Fsp3) is 0.571. The Hall–Kier alpha value is -0.820. The Bertz CT molecular complexity index is 341. The first-order valence-electron chi connectivity index (χ1n) is 5.90. The highest BCUT2D eigenvalue weighted by atomic mass is 14.6. The van der Waals surface area contributed by atoms with Crippen LogP contribution >= 0.6 is 0 Å². The van der Waals surface area contributed by atoms with Crippen molar-refractivity contribution in [3.05, 3.63) is 35.4 Å². The SMILES string of the molecule is CC(C)(CN)CC1CCc2ccccc21. The lowest BCUT2D eigenvalue weighted by atomic mass is 9.80. The summed E-state index contributed by atoms with van der Waals surface area (Å²) in [5.41, 5.74) is 9.20. The number of hydrogen-bond acceptors (Lipinski definition) is 1. The van der Waals surface area contributed by atoms with Crippen molar-refractivity contribution in [1.29, 1.82) is 0 Å². The summed E-state index contributed by atoms with van der Waals surface area (Å²) < 4.78 is 0. The second-order valence-corrected chi connectivity index (χ2v) is 5.51. The molecule has 2 rings (SSSR count). The van der Waals surface area contributed by atoms with Gasteiger partial charge < -0.3 is 5.73 Å². The Kier molecular flexibility index (Phi) is 2.83. The van der Waals surface area contributed by atoms with Crippen LogP contribution in [-0.4, -0.2) is 6.54 Å².